The number of thioether (sulfide) groups is 1. The van der Waals surface area contributed by atoms with Gasteiger partial charge in [-0.25, -0.2) is 5.01 Å². The molecule has 2 unspecified atom stereocenters. The summed E-state index contributed by atoms with van der Waals surface area (Å²) in [5.41, 5.74) is 0. The number of rotatable bonds is 5. The zero-order valence-corrected chi connectivity index (χ0v) is 18.6. The van der Waals surface area contributed by atoms with E-state index < -0.39 is 0 Å². The highest BCUT2D eigenvalue weighted by Gasteiger charge is 2.48. The van der Waals surface area contributed by atoms with E-state index in [1.807, 2.05) is 11.8 Å². The molecule has 0 amide bonds. The lowest BCUT2D eigenvalue weighted by atomic mass is 9.86. The summed E-state index contributed by atoms with van der Waals surface area (Å²) in [5.74, 6) is 2.73. The van der Waals surface area contributed by atoms with Gasteiger partial charge in [-0.1, -0.05) is 6.92 Å². The summed E-state index contributed by atoms with van der Waals surface area (Å²) in [6, 6.07) is 4.31. The van der Waals surface area contributed by atoms with Crippen molar-refractivity contribution < 1.29 is 4.84 Å². The van der Waals surface area contributed by atoms with Crippen molar-refractivity contribution in [2.45, 2.75) is 89.6 Å². The highest BCUT2D eigenvalue weighted by Crippen LogP contribution is 2.37. The molecule has 0 aromatic heterocycles. The van der Waals surface area contributed by atoms with Crippen LogP contribution in [-0.4, -0.2) is 81.6 Å². The van der Waals surface area contributed by atoms with E-state index in [4.69, 9.17) is 4.84 Å². The second kappa shape index (κ2) is 9.20. The molecular weight excluding hydrogens is 370 g/mol. The number of hydrogen-bond donors (Lipinski definition) is 0. The lowest BCUT2D eigenvalue weighted by Gasteiger charge is -2.56. The molecule has 7 heteroatoms. The fourth-order valence-electron chi connectivity index (χ4n) is 5.31. The van der Waals surface area contributed by atoms with Crippen molar-refractivity contribution in [2.24, 2.45) is 5.92 Å². The Balaban J connectivity index is 1.48. The van der Waals surface area contributed by atoms with Crippen molar-refractivity contribution in [3.63, 3.8) is 0 Å². The minimum absolute atomic E-state index is 0.0254. The first-order valence-electron chi connectivity index (χ1n) is 11.3. The molecule has 0 bridgehead atoms. The Labute approximate surface area is 175 Å². The molecule has 4 rings (SSSR count). The maximum atomic E-state index is 9.55. The topological polar surface area (TPSA) is 46.0 Å². The van der Waals surface area contributed by atoms with Crippen LogP contribution in [0.15, 0.2) is 0 Å². The van der Waals surface area contributed by atoms with Crippen LogP contribution in [0, 0.1) is 17.2 Å². The zero-order valence-electron chi connectivity index (χ0n) is 17.8. The summed E-state index contributed by atoms with van der Waals surface area (Å²) < 4.78 is 0. The van der Waals surface area contributed by atoms with Crippen LogP contribution in [0.25, 0.3) is 0 Å². The lowest BCUT2D eigenvalue weighted by Crippen LogP contribution is -2.70. The van der Waals surface area contributed by atoms with Crippen LogP contribution in [0.5, 0.6) is 0 Å². The Bertz CT molecular complexity index is 553. The quantitative estimate of drug-likeness (QED) is 0.694. The van der Waals surface area contributed by atoms with Gasteiger partial charge in [0.15, 0.2) is 0 Å². The molecular formula is C21H37N5OS. The van der Waals surface area contributed by atoms with Gasteiger partial charge < -0.3 is 4.90 Å². The maximum Gasteiger partial charge on any atom is 0.131 e. The molecule has 1 saturated carbocycles. The Morgan fingerprint density at radius 2 is 1.75 bits per heavy atom. The molecule has 4 fully saturated rings. The summed E-state index contributed by atoms with van der Waals surface area (Å²) >= 11 is 1.88. The molecule has 4 aliphatic rings. The van der Waals surface area contributed by atoms with E-state index in [2.05, 4.69) is 46.8 Å². The first kappa shape index (κ1) is 20.9. The fraction of sp³-hybridized carbons (Fsp3) is 0.952. The van der Waals surface area contributed by atoms with Gasteiger partial charge in [0.25, 0.3) is 0 Å². The number of nitrogens with zero attached hydrogens (tertiary/aromatic N) is 5. The number of likely N-dealkylation sites (tertiary alicyclic amines) is 1. The van der Waals surface area contributed by atoms with Gasteiger partial charge in [-0.15, -0.1) is 16.9 Å². The van der Waals surface area contributed by atoms with Gasteiger partial charge in [0.05, 0.1) is 6.07 Å². The van der Waals surface area contributed by atoms with Crippen molar-refractivity contribution in [3.8, 4) is 6.07 Å². The van der Waals surface area contributed by atoms with Crippen LogP contribution < -0.4 is 0 Å². The molecule has 0 radical (unpaired) electrons. The second-order valence-electron chi connectivity index (χ2n) is 9.39. The minimum atomic E-state index is 0.0254. The van der Waals surface area contributed by atoms with E-state index in [-0.39, 0.29) is 12.2 Å². The van der Waals surface area contributed by atoms with Crippen molar-refractivity contribution in [3.05, 3.63) is 0 Å². The molecule has 158 valence electrons. The third-order valence-electron chi connectivity index (χ3n) is 7.25. The van der Waals surface area contributed by atoms with E-state index >= 15 is 0 Å². The number of hydrogen-bond acceptors (Lipinski definition) is 7. The van der Waals surface area contributed by atoms with Gasteiger partial charge >= 0.3 is 0 Å². The Morgan fingerprint density at radius 3 is 2.32 bits per heavy atom. The monoisotopic (exact) mass is 407 g/mol. The minimum Gasteiger partial charge on any atom is -0.301 e. The number of nitriles is 1. The zero-order chi connectivity index (χ0) is 19.7. The lowest BCUT2D eigenvalue weighted by molar-refractivity contribution is -0.434. The normalized spacial score (nSPS) is 36.7. The number of piperidine rings is 1. The molecule has 28 heavy (non-hydrogen) atoms. The van der Waals surface area contributed by atoms with E-state index in [0.717, 1.165) is 24.2 Å². The van der Waals surface area contributed by atoms with Crippen molar-refractivity contribution >= 4 is 11.8 Å². The highest BCUT2D eigenvalue weighted by atomic mass is 32.2. The smallest absolute Gasteiger partial charge is 0.131 e. The molecule has 0 aromatic rings. The summed E-state index contributed by atoms with van der Waals surface area (Å²) in [5, 5.41) is 14.4. The Morgan fingerprint density at radius 1 is 1.07 bits per heavy atom. The van der Waals surface area contributed by atoms with Crippen molar-refractivity contribution in [2.75, 3.05) is 31.3 Å². The van der Waals surface area contributed by atoms with Gasteiger partial charge in [0.2, 0.25) is 0 Å². The van der Waals surface area contributed by atoms with Crippen LogP contribution in [0.4, 0.5) is 0 Å². The van der Waals surface area contributed by atoms with E-state index in [1.165, 1.54) is 51.6 Å². The summed E-state index contributed by atoms with van der Waals surface area (Å²) in [6.07, 6.45) is 7.86. The predicted octanol–water partition coefficient (Wildman–Crippen LogP) is 3.13. The highest BCUT2D eigenvalue weighted by molar-refractivity contribution is 7.99. The first-order valence-corrected chi connectivity index (χ1v) is 12.4. The fourth-order valence-corrected chi connectivity index (χ4v) is 6.46. The van der Waals surface area contributed by atoms with E-state index in [0.29, 0.717) is 18.1 Å². The summed E-state index contributed by atoms with van der Waals surface area (Å²) in [6.45, 7) is 10.1. The van der Waals surface area contributed by atoms with Crippen LogP contribution in [0.1, 0.15) is 59.3 Å². The standard InChI is InChI=1S/C21H37N5OS/c1-16(2)23-10-8-19(9-11-23)25(18-6-4-17(3)5-7-18)26-21(13-27-26)24-15-28-14-20(24)12-22/h16-21H,4-11,13-15H2,1-3H3. The average molecular weight is 408 g/mol. The summed E-state index contributed by atoms with van der Waals surface area (Å²) in [7, 11) is 0. The molecule has 3 aliphatic heterocycles. The SMILES string of the molecule is CC1CCC(N(C2CCN(C(C)C)CC2)N2OCC2N2CSCC2C#N)CC1. The van der Waals surface area contributed by atoms with Gasteiger partial charge in [-0.05, 0) is 71.4 Å². The largest absolute Gasteiger partial charge is 0.301 e. The molecule has 0 aromatic carbocycles. The number of hydrazine groups is 1. The van der Waals surface area contributed by atoms with Crippen molar-refractivity contribution in [1.29, 1.82) is 5.26 Å². The Hall–Kier alpha value is -0.360. The predicted molar refractivity (Wildman–Crippen MR) is 113 cm³/mol. The summed E-state index contributed by atoms with van der Waals surface area (Å²) in [4.78, 5) is 11.1. The van der Waals surface area contributed by atoms with Crippen LogP contribution in [0.3, 0.4) is 0 Å². The Kier molecular flexibility index (Phi) is 6.86. The maximum absolute atomic E-state index is 9.55. The van der Waals surface area contributed by atoms with E-state index in [1.54, 1.807) is 0 Å². The van der Waals surface area contributed by atoms with Crippen LogP contribution >= 0.6 is 11.8 Å². The first-order chi connectivity index (χ1) is 13.6. The molecule has 1 aliphatic carbocycles. The third kappa shape index (κ3) is 4.23. The van der Waals surface area contributed by atoms with Crippen molar-refractivity contribution in [1.82, 2.24) is 20.0 Å². The van der Waals surface area contributed by atoms with E-state index in [9.17, 15) is 5.26 Å². The van der Waals surface area contributed by atoms with Gasteiger partial charge in [-0.3, -0.25) is 9.74 Å². The van der Waals surface area contributed by atoms with Gasteiger partial charge in [0.1, 0.15) is 18.8 Å². The van der Waals surface area contributed by atoms with Gasteiger partial charge in [-0.2, -0.15) is 5.26 Å². The molecule has 6 nitrogen and oxygen atoms in total. The molecule has 3 heterocycles. The number of hydroxylamine groups is 1. The average Bonchev–Trinajstić information content (AvgIpc) is 3.14. The molecule has 0 N–H and O–H groups in total. The molecule has 0 spiro atoms. The molecule has 3 saturated heterocycles. The third-order valence-corrected chi connectivity index (χ3v) is 8.28. The van der Waals surface area contributed by atoms with Crippen LogP contribution in [-0.2, 0) is 4.84 Å². The van der Waals surface area contributed by atoms with Gasteiger partial charge in [0, 0.05) is 29.8 Å². The van der Waals surface area contributed by atoms with Crippen LogP contribution in [0.2, 0.25) is 0 Å². The molecule has 2 atom stereocenters. The second-order valence-corrected chi connectivity index (χ2v) is 10.4.